The summed E-state index contributed by atoms with van der Waals surface area (Å²) in [6.07, 6.45) is 5.48. The van der Waals surface area contributed by atoms with Gasteiger partial charge in [0.05, 0.1) is 0 Å². The normalized spacial score (nSPS) is 36.7. The van der Waals surface area contributed by atoms with Crippen LogP contribution in [0.5, 0.6) is 0 Å². The van der Waals surface area contributed by atoms with E-state index in [-0.39, 0.29) is 0 Å². The molecule has 2 nitrogen and oxygen atoms in total. The van der Waals surface area contributed by atoms with E-state index < -0.39 is 0 Å². The quantitative estimate of drug-likeness (QED) is 0.518. The van der Waals surface area contributed by atoms with Crippen molar-refractivity contribution in [1.29, 1.82) is 0 Å². The zero-order valence-electron chi connectivity index (χ0n) is 6.62. The molecule has 0 aromatic rings. The highest BCUT2D eigenvalue weighted by atomic mass is 16.1. The maximum Gasteiger partial charge on any atom is 0.120 e. The van der Waals surface area contributed by atoms with Crippen molar-refractivity contribution in [2.45, 2.75) is 25.3 Å². The van der Waals surface area contributed by atoms with Crippen LogP contribution in [0.25, 0.3) is 0 Å². The van der Waals surface area contributed by atoms with Gasteiger partial charge in [0.1, 0.15) is 5.94 Å². The van der Waals surface area contributed by atoms with Crippen LogP contribution in [-0.4, -0.2) is 30.0 Å². The first kappa shape index (κ1) is 7.08. The molecule has 2 unspecified atom stereocenters. The summed E-state index contributed by atoms with van der Waals surface area (Å²) in [7, 11) is 0. The van der Waals surface area contributed by atoms with Gasteiger partial charge in [-0.2, -0.15) is 0 Å². The van der Waals surface area contributed by atoms with E-state index in [1.165, 1.54) is 32.4 Å². The van der Waals surface area contributed by atoms with Gasteiger partial charge in [0, 0.05) is 18.0 Å². The Labute approximate surface area is 66.9 Å². The van der Waals surface area contributed by atoms with Crippen LogP contribution >= 0.6 is 0 Å². The molecule has 2 heteroatoms. The van der Waals surface area contributed by atoms with Crippen LogP contribution in [-0.2, 0) is 4.79 Å². The Morgan fingerprint density at radius 3 is 3.09 bits per heavy atom. The molecule has 0 bridgehead atoms. The lowest BCUT2D eigenvalue weighted by atomic mass is 9.99. The maximum absolute atomic E-state index is 10.2. The van der Waals surface area contributed by atoms with Gasteiger partial charge < -0.3 is 0 Å². The van der Waals surface area contributed by atoms with E-state index in [1.807, 2.05) is 5.94 Å². The molecule has 0 N–H and O–H groups in total. The van der Waals surface area contributed by atoms with Crippen molar-refractivity contribution in [3.8, 4) is 0 Å². The van der Waals surface area contributed by atoms with Crippen LogP contribution in [0.1, 0.15) is 19.3 Å². The smallest absolute Gasteiger partial charge is 0.120 e. The molecule has 0 aromatic carbocycles. The van der Waals surface area contributed by atoms with Gasteiger partial charge in [-0.05, 0) is 32.4 Å². The second-order valence-corrected chi connectivity index (χ2v) is 3.48. The zero-order chi connectivity index (χ0) is 7.68. The maximum atomic E-state index is 10.2. The van der Waals surface area contributed by atoms with Crippen molar-refractivity contribution in [3.05, 3.63) is 6.08 Å². The van der Waals surface area contributed by atoms with Gasteiger partial charge in [-0.25, -0.2) is 4.79 Å². The van der Waals surface area contributed by atoms with Crippen LogP contribution in [0.4, 0.5) is 0 Å². The van der Waals surface area contributed by atoms with Crippen molar-refractivity contribution >= 4 is 5.94 Å². The van der Waals surface area contributed by atoms with E-state index in [0.29, 0.717) is 12.0 Å². The number of fused-ring (bicyclic) bond motifs is 1. The highest BCUT2D eigenvalue weighted by Crippen LogP contribution is 2.32. The van der Waals surface area contributed by atoms with E-state index in [1.54, 1.807) is 6.08 Å². The molecule has 11 heavy (non-hydrogen) atoms. The standard InChI is InChI=1S/C9H13NO/c11-7-4-8-3-6-10-5-1-2-9(8)10/h4,8-9H,1-3,5-6H2. The van der Waals surface area contributed by atoms with Gasteiger partial charge in [-0.3, -0.25) is 4.90 Å². The van der Waals surface area contributed by atoms with E-state index in [0.717, 1.165) is 0 Å². The highest BCUT2D eigenvalue weighted by molar-refractivity contribution is 5.46. The van der Waals surface area contributed by atoms with Gasteiger partial charge in [-0.15, -0.1) is 0 Å². The van der Waals surface area contributed by atoms with Crippen molar-refractivity contribution in [3.63, 3.8) is 0 Å². The molecule has 0 spiro atoms. The topological polar surface area (TPSA) is 20.3 Å². The Kier molecular flexibility index (Phi) is 1.80. The molecule has 2 aliphatic heterocycles. The number of hydrogen-bond donors (Lipinski definition) is 0. The summed E-state index contributed by atoms with van der Waals surface area (Å²) in [4.78, 5) is 12.6. The molecule has 0 radical (unpaired) electrons. The van der Waals surface area contributed by atoms with Crippen molar-refractivity contribution in [2.24, 2.45) is 5.92 Å². The molecule has 0 amide bonds. The minimum absolute atomic E-state index is 0.509. The summed E-state index contributed by atoms with van der Waals surface area (Å²) in [6, 6.07) is 0.677. The molecule has 2 saturated heterocycles. The molecule has 2 fully saturated rings. The van der Waals surface area contributed by atoms with E-state index in [4.69, 9.17) is 0 Å². The van der Waals surface area contributed by atoms with E-state index in [9.17, 15) is 4.79 Å². The minimum Gasteiger partial charge on any atom is -0.300 e. The minimum atomic E-state index is 0.509. The predicted molar refractivity (Wildman–Crippen MR) is 43.0 cm³/mol. The van der Waals surface area contributed by atoms with Gasteiger partial charge in [0.2, 0.25) is 0 Å². The third-order valence-electron chi connectivity index (χ3n) is 2.94. The number of hydrogen-bond acceptors (Lipinski definition) is 2. The first-order chi connectivity index (χ1) is 5.42. The number of nitrogens with zero attached hydrogens (tertiary/aromatic N) is 1. The summed E-state index contributed by atoms with van der Waals surface area (Å²) < 4.78 is 0. The number of carbonyl (C=O) groups excluding carboxylic acids is 1. The van der Waals surface area contributed by atoms with Crippen LogP contribution in [0.3, 0.4) is 0 Å². The summed E-state index contributed by atoms with van der Waals surface area (Å²) in [5.74, 6) is 2.43. The van der Waals surface area contributed by atoms with Crippen LogP contribution in [0.2, 0.25) is 0 Å². The Balaban J connectivity index is 2.08. The van der Waals surface area contributed by atoms with E-state index in [2.05, 4.69) is 4.90 Å². The fourth-order valence-electron chi connectivity index (χ4n) is 2.40. The summed E-state index contributed by atoms with van der Waals surface area (Å²) >= 11 is 0. The van der Waals surface area contributed by atoms with Gasteiger partial charge in [0.15, 0.2) is 0 Å². The SMILES string of the molecule is O=C=CC1CCN2CCCC12. The molecular formula is C9H13NO. The largest absolute Gasteiger partial charge is 0.300 e. The zero-order valence-corrected chi connectivity index (χ0v) is 6.62. The molecule has 2 aliphatic rings. The second kappa shape index (κ2) is 2.80. The van der Waals surface area contributed by atoms with Crippen molar-refractivity contribution < 1.29 is 4.79 Å². The van der Waals surface area contributed by atoms with Crippen molar-refractivity contribution in [1.82, 2.24) is 4.90 Å². The Morgan fingerprint density at radius 2 is 2.27 bits per heavy atom. The summed E-state index contributed by atoms with van der Waals surface area (Å²) in [5, 5.41) is 0. The lowest BCUT2D eigenvalue weighted by Gasteiger charge is -2.16. The molecule has 2 heterocycles. The molecular weight excluding hydrogens is 138 g/mol. The number of rotatable bonds is 1. The summed E-state index contributed by atoms with van der Waals surface area (Å²) in [5.41, 5.74) is 0. The van der Waals surface area contributed by atoms with Gasteiger partial charge in [0.25, 0.3) is 0 Å². The highest BCUT2D eigenvalue weighted by Gasteiger charge is 2.35. The first-order valence-electron chi connectivity index (χ1n) is 4.37. The fraction of sp³-hybridized carbons (Fsp3) is 0.778. The van der Waals surface area contributed by atoms with E-state index >= 15 is 0 Å². The molecule has 0 aliphatic carbocycles. The lowest BCUT2D eigenvalue weighted by Crippen LogP contribution is -2.25. The third-order valence-corrected chi connectivity index (χ3v) is 2.94. The second-order valence-electron chi connectivity index (χ2n) is 3.48. The molecule has 0 aromatic heterocycles. The molecule has 0 saturated carbocycles. The molecule has 2 atom stereocenters. The molecule has 60 valence electrons. The first-order valence-corrected chi connectivity index (χ1v) is 4.37. The van der Waals surface area contributed by atoms with Crippen LogP contribution in [0, 0.1) is 5.92 Å². The average molecular weight is 151 g/mol. The Morgan fingerprint density at radius 1 is 1.36 bits per heavy atom. The third kappa shape index (κ3) is 1.13. The Bertz CT molecular complexity index is 196. The van der Waals surface area contributed by atoms with Gasteiger partial charge in [-0.1, -0.05) is 0 Å². The van der Waals surface area contributed by atoms with Gasteiger partial charge >= 0.3 is 0 Å². The van der Waals surface area contributed by atoms with Crippen LogP contribution < -0.4 is 0 Å². The lowest BCUT2D eigenvalue weighted by molar-refractivity contribution is 0.308. The summed E-state index contributed by atoms with van der Waals surface area (Å²) in [6.45, 7) is 2.43. The predicted octanol–water partition coefficient (Wildman–Crippen LogP) is 0.859. The average Bonchev–Trinajstić information content (AvgIpc) is 2.53. The van der Waals surface area contributed by atoms with Crippen molar-refractivity contribution in [2.75, 3.05) is 13.1 Å². The van der Waals surface area contributed by atoms with Crippen LogP contribution in [0.15, 0.2) is 6.08 Å². The Hall–Kier alpha value is -0.590. The molecule has 2 rings (SSSR count). The fourth-order valence-corrected chi connectivity index (χ4v) is 2.40. The monoisotopic (exact) mass is 151 g/mol.